The summed E-state index contributed by atoms with van der Waals surface area (Å²) in [7, 11) is 0. The molecule has 4 rings (SSSR count). The van der Waals surface area contributed by atoms with Gasteiger partial charge in [0.05, 0.1) is 17.9 Å². The predicted octanol–water partition coefficient (Wildman–Crippen LogP) is 2.93. The van der Waals surface area contributed by atoms with Gasteiger partial charge >= 0.3 is 0 Å². The number of carbonyl (C=O) groups is 1. The molecule has 4 heterocycles. The van der Waals surface area contributed by atoms with Gasteiger partial charge in [-0.05, 0) is 31.5 Å². The lowest BCUT2D eigenvalue weighted by molar-refractivity contribution is 0.0787. The van der Waals surface area contributed by atoms with Gasteiger partial charge in [-0.2, -0.15) is 0 Å². The number of pyridine rings is 1. The maximum atomic E-state index is 12.5. The summed E-state index contributed by atoms with van der Waals surface area (Å²) in [4.78, 5) is 23.0. The first-order chi connectivity index (χ1) is 11.7. The van der Waals surface area contributed by atoms with Crippen LogP contribution in [-0.4, -0.2) is 38.4 Å². The first-order valence-electron chi connectivity index (χ1n) is 8.00. The molecular formula is C18H18N4O2. The predicted molar refractivity (Wildman–Crippen MR) is 88.5 cm³/mol. The first kappa shape index (κ1) is 14.7. The normalized spacial score (nSPS) is 17.4. The van der Waals surface area contributed by atoms with Crippen LogP contribution in [0.4, 0.5) is 0 Å². The number of carbonyl (C=O) groups excluding carboxylic acids is 1. The van der Waals surface area contributed by atoms with Crippen molar-refractivity contribution in [3.8, 4) is 11.4 Å². The minimum absolute atomic E-state index is 0.0227. The van der Waals surface area contributed by atoms with E-state index in [4.69, 9.17) is 4.42 Å². The quantitative estimate of drug-likeness (QED) is 0.744. The lowest BCUT2D eigenvalue weighted by atomic mass is 10.2. The Hall–Kier alpha value is -2.89. The molecule has 0 saturated carbocycles. The van der Waals surface area contributed by atoms with Crippen molar-refractivity contribution >= 4 is 5.91 Å². The number of hydrogen-bond donors (Lipinski definition) is 0. The molecule has 6 heteroatoms. The van der Waals surface area contributed by atoms with Crippen LogP contribution in [0.15, 0.2) is 53.7 Å². The highest BCUT2D eigenvalue weighted by atomic mass is 16.3. The molecule has 0 bridgehead atoms. The number of nitrogens with zero attached hydrogens (tertiary/aromatic N) is 4. The molecule has 0 aromatic carbocycles. The highest BCUT2D eigenvalue weighted by Gasteiger charge is 2.30. The topological polar surface area (TPSA) is 64.2 Å². The average Bonchev–Trinajstić information content (AvgIpc) is 3.35. The SMILES string of the molecule is Cc1cnc(-c2ccncc2)n1C1CCN(C(=O)c2ccoc2)C1. The minimum Gasteiger partial charge on any atom is -0.472 e. The van der Waals surface area contributed by atoms with Gasteiger partial charge in [-0.15, -0.1) is 0 Å². The van der Waals surface area contributed by atoms with Crippen LogP contribution in [0, 0.1) is 6.92 Å². The maximum absolute atomic E-state index is 12.5. The Balaban J connectivity index is 1.60. The van der Waals surface area contributed by atoms with Gasteiger partial charge in [0, 0.05) is 42.9 Å². The Morgan fingerprint density at radius 1 is 1.29 bits per heavy atom. The second kappa shape index (κ2) is 5.96. The smallest absolute Gasteiger partial charge is 0.257 e. The van der Waals surface area contributed by atoms with Gasteiger partial charge in [-0.3, -0.25) is 9.78 Å². The molecule has 1 fully saturated rings. The zero-order chi connectivity index (χ0) is 16.5. The largest absolute Gasteiger partial charge is 0.472 e. The van der Waals surface area contributed by atoms with Crippen LogP contribution >= 0.6 is 0 Å². The number of likely N-dealkylation sites (tertiary alicyclic amines) is 1. The molecule has 1 amide bonds. The highest BCUT2D eigenvalue weighted by molar-refractivity contribution is 5.94. The fourth-order valence-electron chi connectivity index (χ4n) is 3.33. The van der Waals surface area contributed by atoms with Gasteiger partial charge in [0.15, 0.2) is 0 Å². The number of imidazole rings is 1. The van der Waals surface area contributed by atoms with Crippen LogP contribution in [-0.2, 0) is 0 Å². The van der Waals surface area contributed by atoms with Crippen LogP contribution in [0.25, 0.3) is 11.4 Å². The molecule has 0 aliphatic carbocycles. The molecule has 1 aliphatic rings. The van der Waals surface area contributed by atoms with Crippen molar-refractivity contribution in [1.29, 1.82) is 0 Å². The second-order valence-electron chi connectivity index (χ2n) is 6.03. The summed E-state index contributed by atoms with van der Waals surface area (Å²) < 4.78 is 7.26. The zero-order valence-electron chi connectivity index (χ0n) is 13.4. The Bertz CT molecular complexity index is 839. The number of aryl methyl sites for hydroxylation is 1. The van der Waals surface area contributed by atoms with Crippen LogP contribution in [0.5, 0.6) is 0 Å². The third kappa shape index (κ3) is 2.50. The van der Waals surface area contributed by atoms with E-state index < -0.39 is 0 Å². The summed E-state index contributed by atoms with van der Waals surface area (Å²) in [5, 5.41) is 0. The molecule has 24 heavy (non-hydrogen) atoms. The lowest BCUT2D eigenvalue weighted by Gasteiger charge is -2.19. The lowest BCUT2D eigenvalue weighted by Crippen LogP contribution is -2.29. The molecule has 1 unspecified atom stereocenters. The third-order valence-electron chi connectivity index (χ3n) is 4.50. The van der Waals surface area contributed by atoms with Gasteiger partial charge < -0.3 is 13.9 Å². The van der Waals surface area contributed by atoms with Gasteiger partial charge in [-0.1, -0.05) is 0 Å². The van der Waals surface area contributed by atoms with Crippen molar-refractivity contribution in [2.24, 2.45) is 0 Å². The van der Waals surface area contributed by atoms with Gasteiger partial charge in [0.25, 0.3) is 5.91 Å². The Labute approximate surface area is 139 Å². The summed E-state index contributed by atoms with van der Waals surface area (Å²) >= 11 is 0. The van der Waals surface area contributed by atoms with E-state index in [0.29, 0.717) is 12.1 Å². The summed E-state index contributed by atoms with van der Waals surface area (Å²) in [5.74, 6) is 0.951. The average molecular weight is 322 g/mol. The second-order valence-corrected chi connectivity index (χ2v) is 6.03. The van der Waals surface area contributed by atoms with Crippen molar-refractivity contribution in [1.82, 2.24) is 19.4 Å². The fourth-order valence-corrected chi connectivity index (χ4v) is 3.33. The van der Waals surface area contributed by atoms with E-state index in [-0.39, 0.29) is 11.9 Å². The number of aromatic nitrogens is 3. The van der Waals surface area contributed by atoms with Gasteiger partial charge in [0.1, 0.15) is 12.1 Å². The standard InChI is InChI=1S/C18H18N4O2/c1-13-10-20-17(14-2-6-19-7-3-14)22(13)16-4-8-21(11-16)18(23)15-5-9-24-12-15/h2-3,5-7,9-10,12,16H,4,8,11H2,1H3. The molecule has 1 atom stereocenters. The van der Waals surface area contributed by atoms with Crippen LogP contribution < -0.4 is 0 Å². The number of hydrogen-bond acceptors (Lipinski definition) is 4. The van der Waals surface area contributed by atoms with Crippen molar-refractivity contribution < 1.29 is 9.21 Å². The molecule has 0 radical (unpaired) electrons. The maximum Gasteiger partial charge on any atom is 0.257 e. The Morgan fingerprint density at radius 2 is 2.12 bits per heavy atom. The van der Waals surface area contributed by atoms with E-state index in [2.05, 4.69) is 21.5 Å². The number of amides is 1. The van der Waals surface area contributed by atoms with Crippen molar-refractivity contribution in [3.05, 3.63) is 60.6 Å². The summed E-state index contributed by atoms with van der Waals surface area (Å²) in [6.07, 6.45) is 9.37. The molecule has 3 aromatic rings. The van der Waals surface area contributed by atoms with Crippen molar-refractivity contribution in [2.45, 2.75) is 19.4 Å². The van der Waals surface area contributed by atoms with E-state index >= 15 is 0 Å². The van der Waals surface area contributed by atoms with E-state index in [1.54, 1.807) is 18.5 Å². The van der Waals surface area contributed by atoms with E-state index in [1.165, 1.54) is 12.5 Å². The molecule has 122 valence electrons. The fraction of sp³-hybridized carbons (Fsp3) is 0.278. The van der Waals surface area contributed by atoms with Crippen LogP contribution in [0.2, 0.25) is 0 Å². The Kier molecular flexibility index (Phi) is 3.65. The third-order valence-corrected chi connectivity index (χ3v) is 4.50. The minimum atomic E-state index is 0.0227. The molecule has 6 nitrogen and oxygen atoms in total. The van der Waals surface area contributed by atoms with E-state index in [1.807, 2.05) is 23.2 Å². The molecule has 1 saturated heterocycles. The molecule has 3 aromatic heterocycles. The van der Waals surface area contributed by atoms with Gasteiger partial charge in [-0.25, -0.2) is 4.98 Å². The molecule has 0 N–H and O–H groups in total. The van der Waals surface area contributed by atoms with Crippen LogP contribution in [0.1, 0.15) is 28.5 Å². The summed E-state index contributed by atoms with van der Waals surface area (Å²) in [5.41, 5.74) is 2.74. The van der Waals surface area contributed by atoms with Gasteiger partial charge in [0.2, 0.25) is 0 Å². The van der Waals surface area contributed by atoms with E-state index in [9.17, 15) is 4.79 Å². The van der Waals surface area contributed by atoms with Crippen LogP contribution in [0.3, 0.4) is 0 Å². The summed E-state index contributed by atoms with van der Waals surface area (Å²) in [6, 6.07) is 5.86. The first-order valence-corrected chi connectivity index (χ1v) is 8.00. The van der Waals surface area contributed by atoms with Crippen molar-refractivity contribution in [3.63, 3.8) is 0 Å². The Morgan fingerprint density at radius 3 is 2.88 bits per heavy atom. The highest BCUT2D eigenvalue weighted by Crippen LogP contribution is 2.30. The van der Waals surface area contributed by atoms with E-state index in [0.717, 1.165) is 30.0 Å². The molecule has 1 aliphatic heterocycles. The number of rotatable bonds is 3. The number of furan rings is 1. The molecule has 0 spiro atoms. The van der Waals surface area contributed by atoms with Crippen molar-refractivity contribution in [2.75, 3.05) is 13.1 Å². The summed E-state index contributed by atoms with van der Waals surface area (Å²) in [6.45, 7) is 3.47. The molecular weight excluding hydrogens is 304 g/mol. The zero-order valence-corrected chi connectivity index (χ0v) is 13.4. The monoisotopic (exact) mass is 322 g/mol.